The summed E-state index contributed by atoms with van der Waals surface area (Å²) < 4.78 is 0. The van der Waals surface area contributed by atoms with Crippen LogP contribution < -0.4 is 16.2 Å². The molecule has 1 aliphatic rings. The fourth-order valence-corrected chi connectivity index (χ4v) is 2.60. The van der Waals surface area contributed by atoms with Gasteiger partial charge in [-0.05, 0) is 37.1 Å². The summed E-state index contributed by atoms with van der Waals surface area (Å²) in [5.41, 5.74) is 5.78. The van der Waals surface area contributed by atoms with E-state index in [4.69, 9.17) is 5.84 Å². The molecule has 0 spiro atoms. The van der Waals surface area contributed by atoms with Crippen molar-refractivity contribution in [3.63, 3.8) is 0 Å². The highest BCUT2D eigenvalue weighted by Gasteiger charge is 2.31. The van der Waals surface area contributed by atoms with Gasteiger partial charge < -0.3 is 10.3 Å². The minimum absolute atomic E-state index is 0.0778. The number of amides is 1. The number of nitrogens with one attached hydrogen (secondary N) is 1. The molecule has 1 aliphatic heterocycles. The maximum atomic E-state index is 12.6. The molecule has 1 atom stereocenters. The first-order valence-electron chi connectivity index (χ1n) is 6.55. The highest BCUT2D eigenvalue weighted by atomic mass is 16.2. The van der Waals surface area contributed by atoms with Crippen LogP contribution in [0.2, 0.25) is 0 Å². The van der Waals surface area contributed by atoms with Crippen molar-refractivity contribution in [3.05, 3.63) is 53.9 Å². The third-order valence-electron chi connectivity index (χ3n) is 3.58. The second-order valence-corrected chi connectivity index (χ2v) is 4.93. The quantitative estimate of drug-likeness (QED) is 0.645. The molecule has 0 bridgehead atoms. The summed E-state index contributed by atoms with van der Waals surface area (Å²) in [6, 6.07) is 11.6. The van der Waals surface area contributed by atoms with E-state index in [1.54, 1.807) is 18.3 Å². The number of nitrogens with zero attached hydrogens (tertiary/aromatic N) is 2. The van der Waals surface area contributed by atoms with E-state index in [9.17, 15) is 4.79 Å². The number of hydrogen-bond donors (Lipinski definition) is 2. The first-order chi connectivity index (χ1) is 9.70. The number of aromatic nitrogens is 1. The lowest BCUT2D eigenvalue weighted by Crippen LogP contribution is -2.36. The van der Waals surface area contributed by atoms with Crippen LogP contribution in [0.4, 0.5) is 11.4 Å². The van der Waals surface area contributed by atoms with Crippen molar-refractivity contribution < 1.29 is 4.79 Å². The Morgan fingerprint density at radius 2 is 2.15 bits per heavy atom. The van der Waals surface area contributed by atoms with Crippen molar-refractivity contribution >= 4 is 17.3 Å². The Morgan fingerprint density at radius 3 is 2.85 bits per heavy atom. The third kappa shape index (κ3) is 2.02. The fourth-order valence-electron chi connectivity index (χ4n) is 2.60. The molecule has 0 fully saturated rings. The number of carbonyl (C=O) groups excluding carboxylic acids is 1. The van der Waals surface area contributed by atoms with E-state index in [0.717, 1.165) is 12.1 Å². The summed E-state index contributed by atoms with van der Waals surface area (Å²) in [5, 5.41) is 0. The van der Waals surface area contributed by atoms with Gasteiger partial charge in [-0.15, -0.1) is 0 Å². The summed E-state index contributed by atoms with van der Waals surface area (Å²) in [6.45, 7) is 2.05. The first kappa shape index (κ1) is 12.6. The van der Waals surface area contributed by atoms with Gasteiger partial charge in [-0.3, -0.25) is 10.6 Å². The van der Waals surface area contributed by atoms with Crippen LogP contribution in [0.5, 0.6) is 0 Å². The number of fused-ring (bicyclic) bond motifs is 1. The average molecular weight is 268 g/mol. The predicted molar refractivity (Wildman–Crippen MR) is 78.5 cm³/mol. The highest BCUT2D eigenvalue weighted by molar-refractivity contribution is 6.06. The van der Waals surface area contributed by atoms with Gasteiger partial charge in [0.25, 0.3) is 5.91 Å². The first-order valence-corrected chi connectivity index (χ1v) is 6.55. The molecule has 20 heavy (non-hydrogen) atoms. The lowest BCUT2D eigenvalue weighted by Gasteiger charge is -2.22. The van der Waals surface area contributed by atoms with Crippen LogP contribution in [-0.2, 0) is 6.42 Å². The molecule has 0 saturated heterocycles. The number of hydrazine groups is 1. The van der Waals surface area contributed by atoms with E-state index in [-0.39, 0.29) is 11.9 Å². The Bertz CT molecular complexity index is 639. The Kier molecular flexibility index (Phi) is 3.12. The Labute approximate surface area is 117 Å². The van der Waals surface area contributed by atoms with Crippen LogP contribution in [0, 0.1) is 0 Å². The molecule has 102 valence electrons. The molecule has 3 N–H and O–H groups in total. The summed E-state index contributed by atoms with van der Waals surface area (Å²) in [6.07, 6.45) is 2.43. The predicted octanol–water partition coefficient (Wildman–Crippen LogP) is 1.96. The lowest BCUT2D eigenvalue weighted by atomic mass is 10.1. The molecule has 0 aliphatic carbocycles. The molecule has 2 heterocycles. The van der Waals surface area contributed by atoms with E-state index in [1.165, 1.54) is 5.56 Å². The van der Waals surface area contributed by atoms with Crippen LogP contribution in [-0.4, -0.2) is 16.9 Å². The van der Waals surface area contributed by atoms with Crippen molar-refractivity contribution in [2.24, 2.45) is 5.84 Å². The summed E-state index contributed by atoms with van der Waals surface area (Å²) >= 11 is 0. The van der Waals surface area contributed by atoms with Crippen molar-refractivity contribution in [1.29, 1.82) is 0 Å². The number of nitrogen functional groups attached to an aromatic ring is 1. The number of benzene rings is 1. The SMILES string of the molecule is CC1Cc2ccccc2N1C(=O)c1ccc(NN)cn1. The molecule has 1 amide bonds. The molecule has 3 rings (SSSR count). The van der Waals surface area contributed by atoms with Crippen molar-refractivity contribution in [1.82, 2.24) is 4.98 Å². The molecule has 0 radical (unpaired) electrons. The van der Waals surface area contributed by atoms with Gasteiger partial charge in [0.05, 0.1) is 11.9 Å². The topological polar surface area (TPSA) is 71.2 Å². The molecular weight excluding hydrogens is 252 g/mol. The molecule has 0 saturated carbocycles. The van der Waals surface area contributed by atoms with Gasteiger partial charge in [0.2, 0.25) is 0 Å². The van der Waals surface area contributed by atoms with Crippen molar-refractivity contribution in [2.75, 3.05) is 10.3 Å². The van der Waals surface area contributed by atoms with Gasteiger partial charge in [-0.2, -0.15) is 0 Å². The van der Waals surface area contributed by atoms with Gasteiger partial charge in [-0.1, -0.05) is 18.2 Å². The van der Waals surface area contributed by atoms with E-state index < -0.39 is 0 Å². The second-order valence-electron chi connectivity index (χ2n) is 4.93. The number of nitrogens with two attached hydrogens (primary N) is 1. The third-order valence-corrected chi connectivity index (χ3v) is 3.58. The average Bonchev–Trinajstić information content (AvgIpc) is 2.82. The Hall–Kier alpha value is -2.40. The largest absolute Gasteiger partial charge is 0.323 e. The van der Waals surface area contributed by atoms with Crippen molar-refractivity contribution in [3.8, 4) is 0 Å². The van der Waals surface area contributed by atoms with E-state index in [1.807, 2.05) is 30.0 Å². The molecule has 1 unspecified atom stereocenters. The zero-order valence-electron chi connectivity index (χ0n) is 11.2. The van der Waals surface area contributed by atoms with Crippen LogP contribution in [0.1, 0.15) is 23.0 Å². The molecule has 1 aromatic heterocycles. The maximum Gasteiger partial charge on any atom is 0.277 e. The molecule has 5 heteroatoms. The molecular formula is C15H16N4O. The van der Waals surface area contributed by atoms with Crippen LogP contribution >= 0.6 is 0 Å². The van der Waals surface area contributed by atoms with Crippen LogP contribution in [0.3, 0.4) is 0 Å². The maximum absolute atomic E-state index is 12.6. The van der Waals surface area contributed by atoms with Gasteiger partial charge >= 0.3 is 0 Å². The van der Waals surface area contributed by atoms with Gasteiger partial charge in [0, 0.05) is 11.7 Å². The number of carbonyl (C=O) groups is 1. The van der Waals surface area contributed by atoms with Gasteiger partial charge in [0.15, 0.2) is 0 Å². The fraction of sp³-hybridized carbons (Fsp3) is 0.200. The Morgan fingerprint density at radius 1 is 1.35 bits per heavy atom. The van der Waals surface area contributed by atoms with E-state index in [0.29, 0.717) is 11.4 Å². The second kappa shape index (κ2) is 4.94. The lowest BCUT2D eigenvalue weighted by molar-refractivity contribution is 0.0976. The number of rotatable bonds is 2. The van der Waals surface area contributed by atoms with Crippen molar-refractivity contribution in [2.45, 2.75) is 19.4 Å². The van der Waals surface area contributed by atoms with E-state index in [2.05, 4.69) is 16.5 Å². The summed E-state index contributed by atoms with van der Waals surface area (Å²) in [5.74, 6) is 5.22. The normalized spacial score (nSPS) is 16.9. The zero-order valence-corrected chi connectivity index (χ0v) is 11.2. The van der Waals surface area contributed by atoms with E-state index >= 15 is 0 Å². The highest BCUT2D eigenvalue weighted by Crippen LogP contribution is 2.32. The monoisotopic (exact) mass is 268 g/mol. The van der Waals surface area contributed by atoms with Gasteiger partial charge in [0.1, 0.15) is 5.69 Å². The van der Waals surface area contributed by atoms with Crippen LogP contribution in [0.15, 0.2) is 42.6 Å². The number of anilines is 2. The van der Waals surface area contributed by atoms with Crippen LogP contribution in [0.25, 0.3) is 0 Å². The number of pyridine rings is 1. The number of para-hydroxylation sites is 1. The number of hydrogen-bond acceptors (Lipinski definition) is 4. The Balaban J connectivity index is 1.94. The smallest absolute Gasteiger partial charge is 0.277 e. The molecule has 1 aromatic carbocycles. The minimum Gasteiger partial charge on any atom is -0.323 e. The standard InChI is InChI=1S/C15H16N4O/c1-10-8-11-4-2-3-5-14(11)19(10)15(20)13-7-6-12(18-16)9-17-13/h2-7,9-10,18H,8,16H2,1H3. The molecule has 2 aromatic rings. The summed E-state index contributed by atoms with van der Waals surface area (Å²) in [4.78, 5) is 18.6. The summed E-state index contributed by atoms with van der Waals surface area (Å²) in [7, 11) is 0. The van der Waals surface area contributed by atoms with Gasteiger partial charge in [-0.25, -0.2) is 4.98 Å². The molecule has 5 nitrogen and oxygen atoms in total. The zero-order chi connectivity index (χ0) is 14.1. The minimum atomic E-state index is -0.0778.